The van der Waals surface area contributed by atoms with E-state index < -0.39 is 29.8 Å². The third-order valence-corrected chi connectivity index (χ3v) is 9.15. The van der Waals surface area contributed by atoms with Gasteiger partial charge in [0.25, 0.3) is 0 Å². The smallest absolute Gasteiger partial charge is 0.410 e. The van der Waals surface area contributed by atoms with E-state index in [9.17, 15) is 19.5 Å². The molecule has 4 atom stereocenters. The van der Waals surface area contributed by atoms with E-state index in [0.29, 0.717) is 24.7 Å². The Balaban J connectivity index is 1.39. The number of aliphatic hydroxyl groups is 1. The van der Waals surface area contributed by atoms with Gasteiger partial charge in [0.15, 0.2) is 0 Å². The van der Waals surface area contributed by atoms with Crippen molar-refractivity contribution in [3.8, 4) is 16.2 Å². The van der Waals surface area contributed by atoms with Gasteiger partial charge in [-0.1, -0.05) is 26.0 Å². The summed E-state index contributed by atoms with van der Waals surface area (Å²) in [5.41, 5.74) is 6.66. The molecule has 49 heavy (non-hydrogen) atoms. The number of β-amino-alcohol motifs (C(OH)–C–C–N with tert-alkyl or cyclic N) is 1. The summed E-state index contributed by atoms with van der Waals surface area (Å²) in [6, 6.07) is 4.93. The highest BCUT2D eigenvalue weighted by molar-refractivity contribution is 7.13. The quantitative estimate of drug-likeness (QED) is 0.246. The highest BCUT2D eigenvalue weighted by atomic mass is 32.1. The van der Waals surface area contributed by atoms with Crippen LogP contribution in [0.15, 0.2) is 35.5 Å². The maximum atomic E-state index is 13.8. The number of aromatic nitrogens is 1. The fourth-order valence-corrected chi connectivity index (χ4v) is 6.47. The first-order valence-electron chi connectivity index (χ1n) is 16.7. The van der Waals surface area contributed by atoms with Crippen LogP contribution in [0.2, 0.25) is 0 Å². The lowest BCUT2D eigenvalue weighted by Crippen LogP contribution is -2.49. The highest BCUT2D eigenvalue weighted by Gasteiger charge is 2.44. The maximum absolute atomic E-state index is 13.8. The molecule has 1 fully saturated rings. The third kappa shape index (κ3) is 10.4. The Bertz CT molecular complexity index is 1490. The number of hydrogen-bond acceptors (Lipinski definition) is 11. The fraction of sp³-hybridized carbons (Fsp3) is 0.600. The second-order valence-electron chi connectivity index (χ2n) is 13.9. The van der Waals surface area contributed by atoms with Crippen molar-refractivity contribution < 1.29 is 38.5 Å². The molecule has 1 aromatic heterocycles. The zero-order valence-corrected chi connectivity index (χ0v) is 30.6. The predicted molar refractivity (Wildman–Crippen MR) is 186 cm³/mol. The molecule has 14 heteroatoms. The number of thiazole rings is 1. The minimum atomic E-state index is -0.827. The number of aliphatic hydroxyl groups excluding tert-OH is 1. The van der Waals surface area contributed by atoms with Gasteiger partial charge in [0.2, 0.25) is 11.8 Å². The van der Waals surface area contributed by atoms with Gasteiger partial charge in [-0.15, -0.1) is 11.3 Å². The summed E-state index contributed by atoms with van der Waals surface area (Å²) in [5.74, 6) is -0.162. The first kappa shape index (κ1) is 38.1. The SMILES string of the molecule is Cc1ncsc1-c1ccc(CNC(=O)C2C[C@@H](O)CN2C(=O)[C@H](C2=CC(C)NO2)C(C)C)c(OCCOCCN(C)C(=O)OC(C)(C)C)c1. The molecule has 2 aliphatic rings. The van der Waals surface area contributed by atoms with Gasteiger partial charge in [-0.05, 0) is 58.2 Å². The molecule has 3 heterocycles. The molecule has 1 saturated heterocycles. The van der Waals surface area contributed by atoms with Crippen LogP contribution >= 0.6 is 11.3 Å². The molecule has 0 spiro atoms. The van der Waals surface area contributed by atoms with Crippen molar-refractivity contribution in [1.82, 2.24) is 25.6 Å². The average Bonchev–Trinajstić information content (AvgIpc) is 3.76. The Kier molecular flexibility index (Phi) is 13.1. The van der Waals surface area contributed by atoms with E-state index in [1.807, 2.05) is 72.7 Å². The van der Waals surface area contributed by atoms with Crippen LogP contribution in [-0.2, 0) is 30.4 Å². The lowest BCUT2D eigenvalue weighted by atomic mass is 9.91. The fourth-order valence-electron chi connectivity index (χ4n) is 5.66. The number of carbonyl (C=O) groups excluding carboxylic acids is 3. The first-order valence-corrected chi connectivity index (χ1v) is 17.6. The monoisotopic (exact) mass is 701 g/mol. The number of aryl methyl sites for hydroxylation is 1. The number of hydrogen-bond donors (Lipinski definition) is 3. The molecule has 3 N–H and O–H groups in total. The van der Waals surface area contributed by atoms with E-state index >= 15 is 0 Å². The van der Waals surface area contributed by atoms with Crippen LogP contribution in [0.4, 0.5) is 4.79 Å². The van der Waals surface area contributed by atoms with Crippen molar-refractivity contribution in [2.24, 2.45) is 11.8 Å². The number of rotatable bonds is 14. The van der Waals surface area contributed by atoms with E-state index in [1.165, 1.54) is 21.1 Å². The second-order valence-corrected chi connectivity index (χ2v) is 14.7. The van der Waals surface area contributed by atoms with Crippen molar-refractivity contribution in [2.75, 3.05) is 40.0 Å². The van der Waals surface area contributed by atoms with Gasteiger partial charge in [0.1, 0.15) is 35.7 Å². The Morgan fingerprint density at radius 3 is 2.61 bits per heavy atom. The van der Waals surface area contributed by atoms with Crippen LogP contribution in [-0.4, -0.2) is 102 Å². The summed E-state index contributed by atoms with van der Waals surface area (Å²) in [5, 5.41) is 13.5. The van der Waals surface area contributed by atoms with E-state index in [0.717, 1.165) is 21.7 Å². The summed E-state index contributed by atoms with van der Waals surface area (Å²) < 4.78 is 17.3. The van der Waals surface area contributed by atoms with Crippen LogP contribution in [0.3, 0.4) is 0 Å². The molecular formula is C35H51N5O8S. The molecule has 13 nitrogen and oxygen atoms in total. The van der Waals surface area contributed by atoms with Gasteiger partial charge in [-0.2, -0.15) is 5.48 Å². The first-order chi connectivity index (χ1) is 23.1. The molecule has 2 unspecified atom stereocenters. The van der Waals surface area contributed by atoms with Crippen LogP contribution in [0.1, 0.15) is 59.2 Å². The molecule has 270 valence electrons. The van der Waals surface area contributed by atoms with Crippen LogP contribution in [0.5, 0.6) is 5.75 Å². The zero-order chi connectivity index (χ0) is 35.9. The lowest BCUT2D eigenvalue weighted by Gasteiger charge is -2.30. The lowest BCUT2D eigenvalue weighted by molar-refractivity contribution is -0.143. The number of amides is 3. The Hall–Kier alpha value is -3.72. The van der Waals surface area contributed by atoms with Crippen molar-refractivity contribution in [2.45, 2.75) is 85.2 Å². The molecule has 2 aromatic rings. The van der Waals surface area contributed by atoms with E-state index in [-0.39, 0.29) is 56.5 Å². The van der Waals surface area contributed by atoms with Gasteiger partial charge in [0, 0.05) is 38.7 Å². The van der Waals surface area contributed by atoms with Crippen LogP contribution in [0.25, 0.3) is 10.4 Å². The van der Waals surface area contributed by atoms with Gasteiger partial charge in [0.05, 0.1) is 41.4 Å². The molecule has 1 aromatic carbocycles. The van der Waals surface area contributed by atoms with Gasteiger partial charge in [-0.25, -0.2) is 9.78 Å². The Morgan fingerprint density at radius 1 is 1.22 bits per heavy atom. The average molecular weight is 702 g/mol. The summed E-state index contributed by atoms with van der Waals surface area (Å²) in [6.07, 6.45) is 0.787. The summed E-state index contributed by atoms with van der Waals surface area (Å²) in [4.78, 5) is 53.5. The molecule has 0 saturated carbocycles. The molecule has 0 aliphatic carbocycles. The standard InChI is InChI=1S/C35H51N5O8S/c1-21(2)30(29-15-22(3)38-48-29)33(43)40-19-26(41)17-27(40)32(42)36-18-25-10-9-24(31-23(4)37-20-49-31)16-28(25)46-14-13-45-12-11-39(8)34(44)47-35(5,6)7/h9-10,15-16,20-22,26-27,30,38,41H,11-14,17-19H2,1-8H3,(H,36,42)/t22?,26-,27?,30+/m1/s1. The summed E-state index contributed by atoms with van der Waals surface area (Å²) in [7, 11) is 1.66. The number of ether oxygens (including phenoxy) is 3. The van der Waals surface area contributed by atoms with Crippen molar-refractivity contribution in [1.29, 1.82) is 0 Å². The largest absolute Gasteiger partial charge is 0.491 e. The second kappa shape index (κ2) is 16.8. The number of benzene rings is 1. The zero-order valence-electron chi connectivity index (χ0n) is 29.8. The van der Waals surface area contributed by atoms with E-state index in [4.69, 9.17) is 19.0 Å². The van der Waals surface area contributed by atoms with Crippen molar-refractivity contribution in [3.63, 3.8) is 0 Å². The number of nitrogens with one attached hydrogen (secondary N) is 2. The van der Waals surface area contributed by atoms with Crippen molar-refractivity contribution in [3.05, 3.63) is 46.8 Å². The number of carbonyl (C=O) groups is 3. The third-order valence-electron chi connectivity index (χ3n) is 8.17. The van der Waals surface area contributed by atoms with E-state index in [2.05, 4.69) is 15.8 Å². The maximum Gasteiger partial charge on any atom is 0.410 e. The summed E-state index contributed by atoms with van der Waals surface area (Å²) >= 11 is 1.53. The van der Waals surface area contributed by atoms with Gasteiger partial charge < -0.3 is 39.3 Å². The Labute approximate surface area is 292 Å². The number of likely N-dealkylation sites (N-methyl/N-ethyl adjacent to an activating group) is 1. The molecule has 0 bridgehead atoms. The topological polar surface area (TPSA) is 152 Å². The number of likely N-dealkylation sites (tertiary alicyclic amines) is 1. The predicted octanol–water partition coefficient (Wildman–Crippen LogP) is 4.04. The molecule has 0 radical (unpaired) electrons. The van der Waals surface area contributed by atoms with Crippen LogP contribution < -0.4 is 15.5 Å². The molecule has 4 rings (SSSR count). The number of hydroxylamine groups is 1. The minimum absolute atomic E-state index is 0.0347. The molecule has 2 aliphatic heterocycles. The molecule has 3 amide bonds. The molecular weight excluding hydrogens is 650 g/mol. The Morgan fingerprint density at radius 2 is 1.98 bits per heavy atom. The summed E-state index contributed by atoms with van der Waals surface area (Å²) in [6.45, 7) is 14.6. The van der Waals surface area contributed by atoms with Gasteiger partial charge >= 0.3 is 6.09 Å². The number of nitrogens with zero attached hydrogens (tertiary/aromatic N) is 3. The highest BCUT2D eigenvalue weighted by Crippen LogP contribution is 2.33. The van der Waals surface area contributed by atoms with Crippen LogP contribution in [0, 0.1) is 18.8 Å². The minimum Gasteiger partial charge on any atom is -0.491 e. The normalized spacial score (nSPS) is 19.8. The van der Waals surface area contributed by atoms with E-state index in [1.54, 1.807) is 12.6 Å². The van der Waals surface area contributed by atoms with Gasteiger partial charge in [-0.3, -0.25) is 9.59 Å². The van der Waals surface area contributed by atoms with Crippen molar-refractivity contribution >= 4 is 29.2 Å².